The standard InChI is InChI=1S/C7H8IN.F6P/c8-7-3-1-6(5-9)2-4-7;1-7(2,3,4,5)6/h1-4H,5,9H2;/q;-1/p+1. The Morgan fingerprint density at radius 1 is 1.00 bits per heavy atom. The molecule has 0 aliphatic carbocycles. The molecule has 0 aromatic heterocycles. The maximum atomic E-state index is 9.87. The first-order valence-corrected chi connectivity index (χ1v) is 6.89. The third kappa shape index (κ3) is 16.4. The fourth-order valence-corrected chi connectivity index (χ4v) is 0.980. The number of benzene rings is 1. The molecule has 1 nitrogen and oxygen atoms in total. The molecule has 0 amide bonds. The molecule has 96 valence electrons. The first kappa shape index (κ1) is 15.9. The minimum atomic E-state index is -10.7. The van der Waals surface area contributed by atoms with Gasteiger partial charge in [0.1, 0.15) is 0 Å². The van der Waals surface area contributed by atoms with Crippen LogP contribution in [0.15, 0.2) is 24.3 Å². The van der Waals surface area contributed by atoms with Crippen LogP contribution in [0.1, 0.15) is 6.99 Å². The van der Waals surface area contributed by atoms with Crippen molar-refractivity contribution in [2.45, 2.75) is 6.54 Å². The zero-order valence-corrected chi connectivity index (χ0v) is 10.7. The summed E-state index contributed by atoms with van der Waals surface area (Å²) in [7, 11) is -10.7. The van der Waals surface area contributed by atoms with Gasteiger partial charge in [0.25, 0.3) is 0 Å². The van der Waals surface area contributed by atoms with Crippen LogP contribution >= 0.6 is 30.4 Å². The van der Waals surface area contributed by atoms with Crippen LogP contribution in [0.2, 0.25) is 0 Å². The molecule has 9 heteroatoms. The zero-order valence-electron chi connectivity index (χ0n) is 8.69. The van der Waals surface area contributed by atoms with E-state index in [0.717, 1.165) is 0 Å². The van der Waals surface area contributed by atoms with E-state index < -0.39 is 7.81 Å². The molecule has 0 saturated heterocycles. The van der Waals surface area contributed by atoms with Gasteiger partial charge in [0.05, 0.1) is 0 Å². The first-order chi connectivity index (χ1) is 6.78. The number of hydrogen-bond donors (Lipinski definition) is 1. The molecule has 0 radical (unpaired) electrons. The van der Waals surface area contributed by atoms with Crippen molar-refractivity contribution in [2.75, 3.05) is 0 Å². The average molecular weight is 379 g/mol. The monoisotopic (exact) mass is 379 g/mol. The van der Waals surface area contributed by atoms with E-state index in [2.05, 4.69) is 34.7 Å². The van der Waals surface area contributed by atoms with Gasteiger partial charge in [0.2, 0.25) is 0 Å². The minimum absolute atomic E-state index is 0. The van der Waals surface area contributed by atoms with E-state index in [0.29, 0.717) is 6.54 Å². The number of nitrogens with two attached hydrogens (primary N) is 1. The second-order valence-electron chi connectivity index (χ2n) is 2.79. The Morgan fingerprint density at radius 3 is 1.56 bits per heavy atom. The maximum absolute atomic E-state index is 10.7. The van der Waals surface area contributed by atoms with Crippen molar-refractivity contribution in [3.05, 3.63) is 33.4 Å². The van der Waals surface area contributed by atoms with Gasteiger partial charge in [0.15, 0.2) is 0 Å². The van der Waals surface area contributed by atoms with Crippen molar-refractivity contribution < 1.29 is 26.6 Å². The summed E-state index contributed by atoms with van der Waals surface area (Å²) in [5.41, 5.74) is 6.59. The van der Waals surface area contributed by atoms with Crippen molar-refractivity contribution in [2.24, 2.45) is 5.73 Å². The van der Waals surface area contributed by atoms with Crippen LogP contribution in [0.5, 0.6) is 0 Å². The summed E-state index contributed by atoms with van der Waals surface area (Å²) >= 11 is 2.27. The summed E-state index contributed by atoms with van der Waals surface area (Å²) in [4.78, 5) is 0. The largest absolute Gasteiger partial charge is 1.00 e. The van der Waals surface area contributed by atoms with Crippen LogP contribution in [0.25, 0.3) is 0 Å². The van der Waals surface area contributed by atoms with E-state index in [1.165, 1.54) is 9.13 Å². The predicted molar refractivity (Wildman–Crippen MR) is 61.7 cm³/mol. The Morgan fingerprint density at radius 2 is 1.31 bits per heavy atom. The summed E-state index contributed by atoms with van der Waals surface area (Å²) in [5.74, 6) is 0. The average Bonchev–Trinajstić information content (AvgIpc) is 2.00. The molecule has 0 unspecified atom stereocenters. The molecule has 0 saturated carbocycles. The van der Waals surface area contributed by atoms with E-state index in [1.807, 2.05) is 12.1 Å². The first-order valence-electron chi connectivity index (χ1n) is 3.79. The van der Waals surface area contributed by atoms with E-state index in [9.17, 15) is 25.2 Å². The van der Waals surface area contributed by atoms with Gasteiger partial charge in [-0.1, -0.05) is 12.1 Å². The van der Waals surface area contributed by atoms with Crippen molar-refractivity contribution >= 4 is 30.4 Å². The van der Waals surface area contributed by atoms with E-state index in [1.54, 1.807) is 0 Å². The summed E-state index contributed by atoms with van der Waals surface area (Å²) in [5, 5.41) is 0. The van der Waals surface area contributed by atoms with Crippen molar-refractivity contribution in [3.63, 3.8) is 0 Å². The van der Waals surface area contributed by atoms with Crippen LogP contribution in [0.3, 0.4) is 0 Å². The maximum Gasteiger partial charge on any atom is 1.00 e. The Kier molecular flexibility index (Phi) is 4.28. The summed E-state index contributed by atoms with van der Waals surface area (Å²) in [6.45, 7) is 0.636. The van der Waals surface area contributed by atoms with Gasteiger partial charge in [-0.05, 0) is 40.3 Å². The van der Waals surface area contributed by atoms with Crippen molar-refractivity contribution in [1.82, 2.24) is 0 Å². The van der Waals surface area contributed by atoms with Gasteiger partial charge in [0, 0.05) is 10.1 Å². The van der Waals surface area contributed by atoms with Crippen LogP contribution in [0.4, 0.5) is 25.2 Å². The molecule has 0 atom stereocenters. The molecule has 0 spiro atoms. The molecule has 0 bridgehead atoms. The molecule has 16 heavy (non-hydrogen) atoms. The Balaban J connectivity index is 0. The molecule has 0 aliphatic rings. The zero-order chi connectivity index (χ0) is 13.1. The molecule has 0 heterocycles. The predicted octanol–water partition coefficient (Wildman–Crippen LogP) is 5.24. The van der Waals surface area contributed by atoms with Crippen LogP contribution in [0, 0.1) is 3.57 Å². The Labute approximate surface area is 103 Å². The number of hydrogen-bond acceptors (Lipinski definition) is 1. The topological polar surface area (TPSA) is 26.0 Å². The second-order valence-corrected chi connectivity index (χ2v) is 5.95. The second kappa shape index (κ2) is 4.30. The SMILES string of the molecule is F[P-](F)(F)(F)(F)F.NCc1ccc(I)cc1.[H+]. The van der Waals surface area contributed by atoms with E-state index in [4.69, 9.17) is 5.73 Å². The third-order valence-corrected chi connectivity index (χ3v) is 1.87. The van der Waals surface area contributed by atoms with Gasteiger partial charge in [-0.2, -0.15) is 0 Å². The molecule has 0 fully saturated rings. The number of rotatable bonds is 1. The summed E-state index contributed by atoms with van der Waals surface area (Å²) in [6.07, 6.45) is 0. The van der Waals surface area contributed by atoms with E-state index in [-0.39, 0.29) is 1.43 Å². The van der Waals surface area contributed by atoms with Crippen molar-refractivity contribution in [3.8, 4) is 0 Å². The van der Waals surface area contributed by atoms with Gasteiger partial charge in [-0.15, -0.1) is 0 Å². The molecule has 1 rings (SSSR count). The van der Waals surface area contributed by atoms with Gasteiger partial charge in [-0.25, -0.2) is 0 Å². The van der Waals surface area contributed by atoms with Crippen LogP contribution < -0.4 is 5.73 Å². The minimum Gasteiger partial charge on any atom is -0.326 e. The Bertz CT molecular complexity index is 338. The smallest absolute Gasteiger partial charge is 0.326 e. The summed E-state index contributed by atoms with van der Waals surface area (Å²) in [6, 6.07) is 8.20. The van der Waals surface area contributed by atoms with Crippen molar-refractivity contribution in [1.29, 1.82) is 0 Å². The van der Waals surface area contributed by atoms with E-state index >= 15 is 0 Å². The summed E-state index contributed by atoms with van der Waals surface area (Å²) < 4.78 is 60.4. The third-order valence-electron chi connectivity index (χ3n) is 1.15. The fourth-order valence-electron chi connectivity index (χ4n) is 0.620. The van der Waals surface area contributed by atoms with Gasteiger partial charge >= 0.3 is 34.4 Å². The fraction of sp³-hybridized carbons (Fsp3) is 0.143. The molecule has 2 N–H and O–H groups in total. The molecule has 1 aromatic rings. The van der Waals surface area contributed by atoms with Crippen LogP contribution in [-0.2, 0) is 6.54 Å². The quantitative estimate of drug-likeness (QED) is 0.403. The van der Waals surface area contributed by atoms with Crippen LogP contribution in [-0.4, -0.2) is 0 Å². The number of halogens is 7. The molecule has 1 aromatic carbocycles. The molecule has 0 aliphatic heterocycles. The van der Waals surface area contributed by atoms with Gasteiger partial charge < -0.3 is 5.73 Å². The van der Waals surface area contributed by atoms with Gasteiger partial charge in [-0.3, -0.25) is 0 Å². The molecular formula is C7H9F6INP. The Hall–Kier alpha value is -0.0800. The normalized spacial score (nSPS) is 15.5. The molecular weight excluding hydrogens is 370 g/mol.